The van der Waals surface area contributed by atoms with Crippen LogP contribution in [0.3, 0.4) is 0 Å². The van der Waals surface area contributed by atoms with Crippen LogP contribution >= 0.6 is 80.9 Å². The van der Waals surface area contributed by atoms with Crippen LogP contribution in [0, 0.1) is 0 Å². The van der Waals surface area contributed by atoms with Crippen LogP contribution in [0.4, 0.5) is 14.7 Å². The average Bonchev–Trinajstić information content (AvgIpc) is 3.03. The number of ether oxygens (including phenoxy) is 3. The van der Waals surface area contributed by atoms with Gasteiger partial charge in [-0.05, 0) is 6.92 Å². The van der Waals surface area contributed by atoms with Crippen molar-refractivity contribution in [1.82, 2.24) is 10.3 Å². The number of nitrogens with one attached hydrogen (secondary N) is 2. The molecule has 0 spiro atoms. The first kappa shape index (κ1) is 26.4. The van der Waals surface area contributed by atoms with Gasteiger partial charge in [0.2, 0.25) is 7.59 Å². The molecule has 1 aromatic heterocycles. The van der Waals surface area contributed by atoms with E-state index in [4.69, 9.17) is 83.8 Å². The fourth-order valence-electron chi connectivity index (χ4n) is 1.53. The first-order valence-corrected chi connectivity index (χ1v) is 10.6. The summed E-state index contributed by atoms with van der Waals surface area (Å²) in [5.41, 5.74) is 0.0518. The molecule has 0 aliphatic rings. The predicted octanol–water partition coefficient (Wildman–Crippen LogP) is 4.76. The number of alkyl halides is 6. The third kappa shape index (κ3) is 11.4. The van der Waals surface area contributed by atoms with Crippen molar-refractivity contribution in [2.75, 3.05) is 25.1 Å². The second-order valence-corrected chi connectivity index (χ2v) is 10.8. The van der Waals surface area contributed by atoms with E-state index in [1.807, 2.05) is 0 Å². The van der Waals surface area contributed by atoms with Gasteiger partial charge < -0.3 is 19.5 Å². The number of hydrogen-bond donors (Lipinski definition) is 2. The second kappa shape index (κ2) is 11.7. The van der Waals surface area contributed by atoms with Gasteiger partial charge in [-0.3, -0.25) is 5.32 Å². The zero-order chi connectivity index (χ0) is 22.2. The van der Waals surface area contributed by atoms with Crippen molar-refractivity contribution in [3.63, 3.8) is 0 Å². The maximum atomic E-state index is 12.2. The number of anilines is 1. The fourth-order valence-corrected chi connectivity index (χ4v) is 2.58. The number of hydrogen-bond acceptors (Lipinski definition) is 8. The van der Waals surface area contributed by atoms with Gasteiger partial charge >= 0.3 is 18.2 Å². The minimum atomic E-state index is -1.83. The van der Waals surface area contributed by atoms with E-state index in [0.29, 0.717) is 0 Å². The summed E-state index contributed by atoms with van der Waals surface area (Å²) in [6, 6.07) is -1.35. The third-order valence-corrected chi connectivity index (χ3v) is 3.98. The third-order valence-electron chi connectivity index (χ3n) is 2.55. The summed E-state index contributed by atoms with van der Waals surface area (Å²) >= 11 is 33.9. The molecule has 0 saturated carbocycles. The molecule has 164 valence electrons. The van der Waals surface area contributed by atoms with Crippen molar-refractivity contribution in [1.29, 1.82) is 0 Å². The Labute approximate surface area is 199 Å². The Morgan fingerprint density at radius 2 is 1.59 bits per heavy atom. The molecule has 0 aromatic carbocycles. The number of amides is 2. The van der Waals surface area contributed by atoms with E-state index in [-0.39, 0.29) is 17.4 Å². The van der Waals surface area contributed by atoms with Gasteiger partial charge in [0.05, 0.1) is 12.3 Å². The Kier molecular flexibility index (Phi) is 10.6. The van der Waals surface area contributed by atoms with Crippen LogP contribution < -0.4 is 10.6 Å². The predicted molar refractivity (Wildman–Crippen MR) is 112 cm³/mol. The van der Waals surface area contributed by atoms with Gasteiger partial charge in [-0.2, -0.15) is 0 Å². The number of nitrogens with zero attached hydrogens (tertiary/aromatic N) is 1. The molecule has 2 amide bonds. The Hall–Kier alpha value is -0.620. The van der Waals surface area contributed by atoms with Gasteiger partial charge in [0.15, 0.2) is 11.2 Å². The highest BCUT2D eigenvalue weighted by Crippen LogP contribution is 2.27. The zero-order valence-corrected chi connectivity index (χ0v) is 19.7. The van der Waals surface area contributed by atoms with E-state index >= 15 is 0 Å². The normalized spacial score (nSPS) is 12.7. The number of thiazole rings is 1. The summed E-state index contributed by atoms with van der Waals surface area (Å²) in [7, 11) is 0. The number of alkyl carbamates (subject to hydrolysis) is 1. The smallest absolute Gasteiger partial charge is 0.413 e. The van der Waals surface area contributed by atoms with Gasteiger partial charge in [-0.1, -0.05) is 69.6 Å². The number of esters is 1. The molecule has 0 aliphatic heterocycles. The number of carbonyl (C=O) groups excluding carboxylic acids is 3. The maximum Gasteiger partial charge on any atom is 0.413 e. The van der Waals surface area contributed by atoms with Crippen LogP contribution in [0.25, 0.3) is 0 Å². The molecular formula is C13H13Cl6N3O6S. The molecule has 1 heterocycles. The van der Waals surface area contributed by atoms with Crippen LogP contribution in [-0.2, 0) is 19.0 Å². The van der Waals surface area contributed by atoms with E-state index in [0.717, 1.165) is 11.3 Å². The highest BCUT2D eigenvalue weighted by Gasteiger charge is 2.29. The first-order valence-electron chi connectivity index (χ1n) is 7.43. The Bertz CT molecular complexity index is 723. The first-order chi connectivity index (χ1) is 13.3. The second-order valence-electron chi connectivity index (χ2n) is 4.91. The summed E-state index contributed by atoms with van der Waals surface area (Å²) in [4.78, 5) is 39.7. The number of halogens is 6. The van der Waals surface area contributed by atoms with Crippen molar-refractivity contribution in [2.45, 2.75) is 20.6 Å². The van der Waals surface area contributed by atoms with Gasteiger partial charge in [0.1, 0.15) is 13.2 Å². The maximum absolute atomic E-state index is 12.2. The van der Waals surface area contributed by atoms with Crippen LogP contribution in [-0.4, -0.2) is 50.5 Å². The van der Waals surface area contributed by atoms with E-state index in [2.05, 4.69) is 15.6 Å². The molecule has 0 saturated heterocycles. The van der Waals surface area contributed by atoms with Gasteiger partial charge in [-0.15, -0.1) is 11.3 Å². The molecule has 1 rings (SSSR count). The molecule has 0 fully saturated rings. The molecule has 29 heavy (non-hydrogen) atoms. The van der Waals surface area contributed by atoms with Crippen molar-refractivity contribution >= 4 is 104 Å². The van der Waals surface area contributed by atoms with Crippen molar-refractivity contribution < 1.29 is 28.6 Å². The molecule has 1 aromatic rings. The topological polar surface area (TPSA) is 116 Å². The van der Waals surface area contributed by atoms with E-state index in [9.17, 15) is 14.4 Å². The summed E-state index contributed by atoms with van der Waals surface area (Å²) in [6.45, 7) is 0.561. The minimum Gasteiger partial charge on any atom is -0.464 e. The molecule has 1 unspecified atom stereocenters. The summed E-state index contributed by atoms with van der Waals surface area (Å²) < 4.78 is 10.7. The van der Waals surface area contributed by atoms with E-state index < -0.39 is 45.0 Å². The van der Waals surface area contributed by atoms with E-state index in [1.54, 1.807) is 6.92 Å². The van der Waals surface area contributed by atoms with Gasteiger partial charge in [0, 0.05) is 5.38 Å². The van der Waals surface area contributed by atoms with Crippen LogP contribution in [0.5, 0.6) is 0 Å². The lowest BCUT2D eigenvalue weighted by Crippen LogP contribution is -2.36. The molecule has 0 aliphatic carbocycles. The highest BCUT2D eigenvalue weighted by atomic mass is 35.6. The Morgan fingerprint density at radius 1 is 1.03 bits per heavy atom. The molecular weight excluding hydrogens is 539 g/mol. The van der Waals surface area contributed by atoms with Crippen LogP contribution in [0.15, 0.2) is 5.38 Å². The zero-order valence-electron chi connectivity index (χ0n) is 14.3. The molecule has 16 heteroatoms. The molecule has 0 radical (unpaired) electrons. The molecule has 2 N–H and O–H groups in total. The van der Waals surface area contributed by atoms with Gasteiger partial charge in [-0.25, -0.2) is 19.4 Å². The van der Waals surface area contributed by atoms with Crippen molar-refractivity contribution in [2.24, 2.45) is 0 Å². The van der Waals surface area contributed by atoms with Crippen molar-refractivity contribution in [3.8, 4) is 0 Å². The lowest BCUT2D eigenvalue weighted by molar-refractivity contribution is -0.145. The quantitative estimate of drug-likeness (QED) is 0.285. The number of rotatable bonds is 7. The van der Waals surface area contributed by atoms with Gasteiger partial charge in [0.25, 0.3) is 0 Å². The summed E-state index contributed by atoms with van der Waals surface area (Å²) in [5, 5.41) is 5.95. The van der Waals surface area contributed by atoms with Crippen LogP contribution in [0.2, 0.25) is 0 Å². The van der Waals surface area contributed by atoms with E-state index in [1.165, 1.54) is 5.38 Å². The average molecular weight is 552 g/mol. The number of carbonyl (C=O) groups is 3. The largest absolute Gasteiger partial charge is 0.464 e. The molecule has 9 nitrogen and oxygen atoms in total. The minimum absolute atomic E-state index is 0.0405. The molecule has 0 bridgehead atoms. The monoisotopic (exact) mass is 549 g/mol. The van der Waals surface area contributed by atoms with Crippen LogP contribution in [0.1, 0.15) is 18.7 Å². The fraction of sp³-hybridized carbons (Fsp3) is 0.538. The Balaban J connectivity index is 2.80. The lowest BCUT2D eigenvalue weighted by atomic mass is 10.2. The standard InChI is InChI=1S/C13H13Cl6N3O6S/c1-2-26-8(23)7(21-10(24)27-4-12(14,15)16)6-3-29-9(20-6)22-11(25)28-5-13(17,18)19/h3,7H,2,4-5H2,1H3,(H,21,24)(H,20,22,25). The summed E-state index contributed by atoms with van der Waals surface area (Å²) in [5.74, 6) is -0.825. The highest BCUT2D eigenvalue weighted by molar-refractivity contribution is 7.13. The van der Waals surface area contributed by atoms with Crippen molar-refractivity contribution in [3.05, 3.63) is 11.1 Å². The Morgan fingerprint density at radius 3 is 2.10 bits per heavy atom. The summed E-state index contributed by atoms with van der Waals surface area (Å²) in [6.07, 6.45) is -2.00. The number of aromatic nitrogens is 1. The SMILES string of the molecule is CCOC(=O)C(NC(=O)OCC(Cl)(Cl)Cl)c1csc(NC(=O)OCC(Cl)(Cl)Cl)n1. The molecule has 1 atom stereocenters. The lowest BCUT2D eigenvalue weighted by Gasteiger charge is -2.17.